The highest BCUT2D eigenvalue weighted by atomic mass is 16.5. The number of benzene rings is 2. The molecule has 2 saturated heterocycles. The van der Waals surface area contributed by atoms with Crippen molar-refractivity contribution < 1.29 is 22.0 Å². The average molecular weight is 492 g/mol. The number of likely N-dealkylation sites (tertiary alicyclic amines) is 1. The van der Waals surface area contributed by atoms with Crippen LogP contribution in [0.2, 0.25) is 0 Å². The van der Waals surface area contributed by atoms with E-state index in [0.717, 1.165) is 24.8 Å². The van der Waals surface area contributed by atoms with Crippen molar-refractivity contribution in [1.29, 1.82) is 0 Å². The molecule has 6 rings (SSSR count). The van der Waals surface area contributed by atoms with Crippen LogP contribution in [0, 0.1) is 5.41 Å². The summed E-state index contributed by atoms with van der Waals surface area (Å²) in [4.78, 5) is 45.9. The SMILES string of the molecule is CC1CCCCNC(=O)c2cccc(c2)C(=O)Nc2nc3cccc(C(=O)N4CC5(COC5)C4)c3n21.[HH].[HH]. The molecular weight excluding hydrogens is 458 g/mol. The molecule has 1 aromatic heterocycles. The molecule has 0 saturated carbocycles. The van der Waals surface area contributed by atoms with E-state index in [-0.39, 0.29) is 32.0 Å². The van der Waals surface area contributed by atoms with Gasteiger partial charge in [0.15, 0.2) is 0 Å². The number of carbonyl (C=O) groups is 3. The van der Waals surface area contributed by atoms with Gasteiger partial charge in [-0.3, -0.25) is 19.7 Å². The molecule has 2 aromatic carbocycles. The van der Waals surface area contributed by atoms with Crippen LogP contribution in [0.4, 0.5) is 5.95 Å². The molecule has 2 N–H and O–H groups in total. The standard InChI is InChI=1S/C27H29N5O4.2H2/c1-17-6-2-3-11-28-23(33)18-7-4-8-19(12-18)24(34)30-26-29-21-10-5-9-20(22(21)32(17)26)25(35)31-13-27(14-31)15-36-16-27;;/h4-5,7-10,12,17H,2-3,6,11,13-16H2,1H3,(H,28,33)(H,29,30,34);2*1H. The highest BCUT2D eigenvalue weighted by Gasteiger charge is 2.51. The van der Waals surface area contributed by atoms with Gasteiger partial charge in [0.1, 0.15) is 0 Å². The number of hydrogen-bond donors (Lipinski definition) is 2. The maximum Gasteiger partial charge on any atom is 0.257 e. The minimum atomic E-state index is -0.354. The van der Waals surface area contributed by atoms with Crippen molar-refractivity contribution in [3.63, 3.8) is 0 Å². The Kier molecular flexibility index (Phi) is 5.52. The summed E-state index contributed by atoms with van der Waals surface area (Å²) in [5, 5.41) is 5.89. The van der Waals surface area contributed by atoms with Crippen molar-refractivity contribution >= 4 is 34.7 Å². The van der Waals surface area contributed by atoms with E-state index in [0.29, 0.717) is 61.0 Å². The molecule has 36 heavy (non-hydrogen) atoms. The van der Waals surface area contributed by atoms with Crippen LogP contribution in [0.3, 0.4) is 0 Å². The smallest absolute Gasteiger partial charge is 0.257 e. The maximum atomic E-state index is 13.5. The Labute approximate surface area is 211 Å². The van der Waals surface area contributed by atoms with Crippen molar-refractivity contribution in [3.05, 3.63) is 59.2 Å². The first-order valence-electron chi connectivity index (χ1n) is 12.5. The van der Waals surface area contributed by atoms with Crippen molar-refractivity contribution in [3.8, 4) is 0 Å². The summed E-state index contributed by atoms with van der Waals surface area (Å²) in [6, 6.07) is 12.2. The van der Waals surface area contributed by atoms with E-state index >= 15 is 0 Å². The number of imidazole rings is 1. The van der Waals surface area contributed by atoms with E-state index in [2.05, 4.69) is 17.6 Å². The lowest BCUT2D eigenvalue weighted by atomic mass is 9.77. The number of ether oxygens (including phenoxy) is 1. The monoisotopic (exact) mass is 491 g/mol. The van der Waals surface area contributed by atoms with Gasteiger partial charge in [0.2, 0.25) is 5.95 Å². The van der Waals surface area contributed by atoms with Crippen molar-refractivity contribution in [2.45, 2.75) is 32.2 Å². The van der Waals surface area contributed by atoms with Gasteiger partial charge in [0.25, 0.3) is 17.7 Å². The Hall–Kier alpha value is -3.72. The van der Waals surface area contributed by atoms with E-state index in [1.807, 2.05) is 27.7 Å². The van der Waals surface area contributed by atoms with Gasteiger partial charge in [0, 0.05) is 39.7 Å². The van der Waals surface area contributed by atoms with Gasteiger partial charge in [-0.15, -0.1) is 0 Å². The number of hydrogen-bond acceptors (Lipinski definition) is 5. The number of anilines is 1. The van der Waals surface area contributed by atoms with Gasteiger partial charge < -0.3 is 19.5 Å². The molecule has 4 heterocycles. The zero-order valence-corrected chi connectivity index (χ0v) is 20.3. The normalized spacial score (nSPS) is 21.6. The van der Waals surface area contributed by atoms with Gasteiger partial charge >= 0.3 is 0 Å². The molecule has 0 radical (unpaired) electrons. The summed E-state index contributed by atoms with van der Waals surface area (Å²) >= 11 is 0. The minimum Gasteiger partial charge on any atom is -0.380 e. The molecule has 9 nitrogen and oxygen atoms in total. The van der Waals surface area contributed by atoms with E-state index < -0.39 is 0 Å². The number of rotatable bonds is 1. The van der Waals surface area contributed by atoms with Gasteiger partial charge in [-0.25, -0.2) is 4.98 Å². The third-order valence-corrected chi connectivity index (χ3v) is 7.48. The Bertz CT molecular complexity index is 1380. The lowest BCUT2D eigenvalue weighted by molar-refractivity contribution is -0.176. The van der Waals surface area contributed by atoms with E-state index in [1.165, 1.54) is 0 Å². The Morgan fingerprint density at radius 1 is 1.08 bits per heavy atom. The molecule has 1 spiro atoms. The highest BCUT2D eigenvalue weighted by molar-refractivity contribution is 6.08. The van der Waals surface area contributed by atoms with Gasteiger partial charge in [-0.05, 0) is 56.5 Å². The van der Waals surface area contributed by atoms with Crippen molar-refractivity contribution in [2.75, 3.05) is 38.2 Å². The summed E-state index contributed by atoms with van der Waals surface area (Å²) in [5.41, 5.74) is 2.95. The van der Waals surface area contributed by atoms with Crippen LogP contribution in [0.1, 0.15) is 66.2 Å². The highest BCUT2D eigenvalue weighted by Crippen LogP contribution is 2.39. The number of fused-ring (bicyclic) bond motifs is 5. The zero-order chi connectivity index (χ0) is 24.9. The average Bonchev–Trinajstić information content (AvgIpc) is 3.19. The fraction of sp³-hybridized carbons (Fsp3) is 0.407. The Morgan fingerprint density at radius 2 is 1.83 bits per heavy atom. The molecule has 1 unspecified atom stereocenters. The summed E-state index contributed by atoms with van der Waals surface area (Å²) in [6.45, 7) is 5.48. The third-order valence-electron chi connectivity index (χ3n) is 7.48. The second kappa shape index (κ2) is 8.74. The predicted molar refractivity (Wildman–Crippen MR) is 138 cm³/mol. The fourth-order valence-corrected chi connectivity index (χ4v) is 5.46. The molecule has 3 aromatic rings. The van der Waals surface area contributed by atoms with Crippen LogP contribution in [0.25, 0.3) is 11.0 Å². The minimum absolute atomic E-state index is 0. The molecule has 2 fully saturated rings. The predicted octanol–water partition coefficient (Wildman–Crippen LogP) is 3.73. The van der Waals surface area contributed by atoms with Crippen LogP contribution in [0.5, 0.6) is 0 Å². The first-order chi connectivity index (χ1) is 17.4. The van der Waals surface area contributed by atoms with Crippen LogP contribution < -0.4 is 10.6 Å². The molecule has 0 aliphatic carbocycles. The summed E-state index contributed by atoms with van der Waals surface area (Å²) in [6.07, 6.45) is 2.51. The molecule has 1 atom stereocenters. The maximum absolute atomic E-state index is 13.5. The van der Waals surface area contributed by atoms with Gasteiger partial charge in [-0.1, -0.05) is 12.1 Å². The fourth-order valence-electron chi connectivity index (χ4n) is 5.46. The number of amides is 3. The number of carbonyl (C=O) groups excluding carboxylic acids is 3. The van der Waals surface area contributed by atoms with Crippen molar-refractivity contribution in [2.24, 2.45) is 5.41 Å². The lowest BCUT2D eigenvalue weighted by Crippen LogP contribution is -2.67. The second-order valence-corrected chi connectivity index (χ2v) is 10.3. The molecule has 2 bridgehead atoms. The third kappa shape index (κ3) is 3.83. The van der Waals surface area contributed by atoms with Crippen molar-refractivity contribution in [1.82, 2.24) is 19.8 Å². The summed E-state index contributed by atoms with van der Waals surface area (Å²) in [7, 11) is 0. The number of para-hydroxylation sites is 1. The van der Waals surface area contributed by atoms with Crippen LogP contribution in [-0.2, 0) is 4.74 Å². The molecule has 9 heteroatoms. The van der Waals surface area contributed by atoms with E-state index in [4.69, 9.17) is 9.72 Å². The second-order valence-electron chi connectivity index (χ2n) is 10.3. The Balaban J connectivity index is 0.00000168. The number of aromatic nitrogens is 2. The molecule has 3 aliphatic rings. The Morgan fingerprint density at radius 3 is 2.58 bits per heavy atom. The molecule has 190 valence electrons. The van der Waals surface area contributed by atoms with E-state index in [9.17, 15) is 14.4 Å². The lowest BCUT2D eigenvalue weighted by Gasteiger charge is -2.54. The molecule has 3 aliphatic heterocycles. The van der Waals surface area contributed by atoms with Gasteiger partial charge in [0.05, 0.1) is 35.2 Å². The number of nitrogens with one attached hydrogen (secondary N) is 2. The van der Waals surface area contributed by atoms with E-state index in [1.54, 1.807) is 24.3 Å². The van der Waals surface area contributed by atoms with Gasteiger partial charge in [-0.2, -0.15) is 0 Å². The van der Waals surface area contributed by atoms with Crippen LogP contribution in [-0.4, -0.2) is 65.0 Å². The first kappa shape index (κ1) is 22.7. The summed E-state index contributed by atoms with van der Waals surface area (Å²) < 4.78 is 7.36. The molecule has 3 amide bonds. The quantitative estimate of drug-likeness (QED) is 0.540. The zero-order valence-electron chi connectivity index (χ0n) is 20.3. The first-order valence-corrected chi connectivity index (χ1v) is 12.5. The molecular formula is C27H33N5O4. The van der Waals surface area contributed by atoms with Crippen LogP contribution in [0.15, 0.2) is 42.5 Å². The topological polar surface area (TPSA) is 106 Å². The summed E-state index contributed by atoms with van der Waals surface area (Å²) in [5.74, 6) is -0.157. The number of nitrogens with zero attached hydrogens (tertiary/aromatic N) is 3. The van der Waals surface area contributed by atoms with Crippen LogP contribution >= 0.6 is 0 Å². The largest absolute Gasteiger partial charge is 0.380 e.